The number of rotatable bonds is 7. The van der Waals surface area contributed by atoms with Crippen molar-refractivity contribution >= 4 is 23.4 Å². The van der Waals surface area contributed by atoms with Crippen molar-refractivity contribution in [2.24, 2.45) is 10.7 Å². The summed E-state index contributed by atoms with van der Waals surface area (Å²) in [7, 11) is 0. The van der Waals surface area contributed by atoms with Crippen molar-refractivity contribution in [3.8, 4) is 5.75 Å². The summed E-state index contributed by atoms with van der Waals surface area (Å²) in [4.78, 5) is 18.4. The van der Waals surface area contributed by atoms with Gasteiger partial charge in [-0.25, -0.2) is 8.78 Å². The summed E-state index contributed by atoms with van der Waals surface area (Å²) in [6.07, 6.45) is 5.41. The van der Waals surface area contributed by atoms with Crippen molar-refractivity contribution in [1.82, 2.24) is 0 Å². The second kappa shape index (κ2) is 8.71. The summed E-state index contributed by atoms with van der Waals surface area (Å²) in [6, 6.07) is 3.99. The van der Waals surface area contributed by atoms with Crippen LogP contribution in [-0.2, 0) is 11.2 Å². The molecule has 0 bridgehead atoms. The number of carbonyl (C=O) groups excluding carboxylic acids is 1. The molecule has 1 aliphatic carbocycles. The lowest BCUT2D eigenvalue weighted by molar-refractivity contribution is -0.117. The molecule has 152 valence electrons. The smallest absolute Gasteiger partial charge is 0.224 e. The molecule has 0 radical (unpaired) electrons. The number of benzene rings is 1. The Bertz CT molecular complexity index is 786. The monoisotopic (exact) mass is 391 g/mol. The van der Waals surface area contributed by atoms with Crippen molar-refractivity contribution in [3.63, 3.8) is 0 Å². The number of ether oxygens (including phenoxy) is 1. The van der Waals surface area contributed by atoms with Gasteiger partial charge in [-0.05, 0) is 44.7 Å². The summed E-state index contributed by atoms with van der Waals surface area (Å²) in [5.74, 6) is 0.305. The molecule has 3 rings (SSSR count). The molecule has 1 fully saturated rings. The van der Waals surface area contributed by atoms with Gasteiger partial charge in [0.1, 0.15) is 19.1 Å². The number of fused-ring (bicyclic) bond motifs is 1. The standard InChI is InChI=1S/C21H27F2N3O2/c1-13-3-6-19-20(26(13)14(2)27)8-7-18(21(19)28-17(9-22)10-23)15(11-24)12-25-16-4-5-16/h7-8,11-13,16-17H,3-6,9-10,24H2,1-2H3/t13-/m0/s1. The summed E-state index contributed by atoms with van der Waals surface area (Å²) in [6.45, 7) is 1.62. The van der Waals surface area contributed by atoms with Crippen LogP contribution in [0.25, 0.3) is 5.57 Å². The molecule has 7 heteroatoms. The predicted octanol–water partition coefficient (Wildman–Crippen LogP) is 3.59. The third kappa shape index (κ3) is 4.18. The number of nitrogens with two attached hydrogens (primary N) is 1. The van der Waals surface area contributed by atoms with E-state index in [1.54, 1.807) is 17.2 Å². The van der Waals surface area contributed by atoms with Crippen molar-refractivity contribution in [1.29, 1.82) is 0 Å². The van der Waals surface area contributed by atoms with Crippen LogP contribution in [-0.4, -0.2) is 43.7 Å². The van der Waals surface area contributed by atoms with E-state index in [1.165, 1.54) is 13.1 Å². The molecular formula is C21H27F2N3O2. The molecule has 0 saturated heterocycles. The SMILES string of the molecule is CC(=O)N1c2ccc(C(C=NC3CC3)=CN)c(OC(CF)CF)c2CC[C@@H]1C. The molecule has 1 aliphatic heterocycles. The lowest BCUT2D eigenvalue weighted by atomic mass is 9.91. The molecule has 1 aromatic carbocycles. The zero-order valence-electron chi connectivity index (χ0n) is 16.3. The highest BCUT2D eigenvalue weighted by atomic mass is 19.1. The number of anilines is 1. The zero-order chi connectivity index (χ0) is 20.3. The summed E-state index contributed by atoms with van der Waals surface area (Å²) < 4.78 is 32.2. The topological polar surface area (TPSA) is 67.9 Å². The third-order valence-corrected chi connectivity index (χ3v) is 5.18. The molecule has 1 saturated carbocycles. The average Bonchev–Trinajstić information content (AvgIpc) is 3.51. The normalized spacial score (nSPS) is 20.0. The summed E-state index contributed by atoms with van der Waals surface area (Å²) in [5.41, 5.74) is 8.59. The first kappa shape index (κ1) is 20.3. The van der Waals surface area contributed by atoms with Crippen LogP contribution in [0.15, 0.2) is 23.3 Å². The second-order valence-electron chi connectivity index (χ2n) is 7.40. The number of halogens is 2. The molecule has 0 unspecified atom stereocenters. The maximum Gasteiger partial charge on any atom is 0.224 e. The maximum atomic E-state index is 13.2. The quantitative estimate of drug-likeness (QED) is 0.722. The molecule has 5 nitrogen and oxygen atoms in total. The summed E-state index contributed by atoms with van der Waals surface area (Å²) >= 11 is 0. The Hall–Kier alpha value is -2.44. The van der Waals surface area contributed by atoms with E-state index in [2.05, 4.69) is 4.99 Å². The fourth-order valence-corrected chi connectivity index (χ4v) is 3.53. The van der Waals surface area contributed by atoms with E-state index < -0.39 is 19.5 Å². The van der Waals surface area contributed by atoms with Crippen LogP contribution >= 0.6 is 0 Å². The lowest BCUT2D eigenvalue weighted by Gasteiger charge is -2.36. The Morgan fingerprint density at radius 2 is 2.07 bits per heavy atom. The van der Waals surface area contributed by atoms with Crippen LogP contribution in [0.1, 0.15) is 44.2 Å². The van der Waals surface area contributed by atoms with Crippen molar-refractivity contribution in [2.75, 3.05) is 18.2 Å². The first-order valence-corrected chi connectivity index (χ1v) is 9.69. The second-order valence-corrected chi connectivity index (χ2v) is 7.40. The van der Waals surface area contributed by atoms with Crippen LogP contribution in [0.5, 0.6) is 5.75 Å². The van der Waals surface area contributed by atoms with Crippen LogP contribution in [0.2, 0.25) is 0 Å². The largest absolute Gasteiger partial charge is 0.484 e. The zero-order valence-corrected chi connectivity index (χ0v) is 16.3. The van der Waals surface area contributed by atoms with Crippen LogP contribution in [0.3, 0.4) is 0 Å². The Morgan fingerprint density at radius 1 is 1.36 bits per heavy atom. The number of hydrogen-bond acceptors (Lipinski definition) is 4. The van der Waals surface area contributed by atoms with Gasteiger partial charge in [0.25, 0.3) is 0 Å². The lowest BCUT2D eigenvalue weighted by Crippen LogP contribution is -2.41. The van der Waals surface area contributed by atoms with E-state index in [0.717, 1.165) is 30.5 Å². The number of allylic oxidation sites excluding steroid dienone is 1. The number of aliphatic imine (C=N–C) groups is 1. The number of hydrogen-bond donors (Lipinski definition) is 1. The predicted molar refractivity (Wildman–Crippen MR) is 107 cm³/mol. The van der Waals surface area contributed by atoms with Gasteiger partial charge in [-0.15, -0.1) is 0 Å². The minimum Gasteiger partial charge on any atom is -0.484 e. The number of carbonyl (C=O) groups is 1. The molecule has 2 N–H and O–H groups in total. The van der Waals surface area contributed by atoms with Gasteiger partial charge in [0, 0.05) is 42.1 Å². The van der Waals surface area contributed by atoms with Crippen LogP contribution in [0, 0.1) is 0 Å². The third-order valence-electron chi connectivity index (χ3n) is 5.18. The van der Waals surface area contributed by atoms with Crippen LogP contribution in [0.4, 0.5) is 14.5 Å². The van der Waals surface area contributed by atoms with Gasteiger partial charge in [0.2, 0.25) is 5.91 Å². The van der Waals surface area contributed by atoms with Crippen molar-refractivity contribution in [2.45, 2.75) is 57.7 Å². The van der Waals surface area contributed by atoms with Gasteiger partial charge in [-0.3, -0.25) is 9.79 Å². The number of amides is 1. The Balaban J connectivity index is 2.10. The Labute approximate surface area is 164 Å². The molecule has 28 heavy (non-hydrogen) atoms. The van der Waals surface area contributed by atoms with Gasteiger partial charge in [-0.1, -0.05) is 0 Å². The minimum absolute atomic E-state index is 0.0443. The molecule has 0 spiro atoms. The molecule has 1 aromatic rings. The number of alkyl halides is 2. The molecule has 0 aromatic heterocycles. The molecule has 1 heterocycles. The van der Waals surface area contributed by atoms with E-state index in [0.29, 0.717) is 29.3 Å². The fraction of sp³-hybridized carbons (Fsp3) is 0.524. The fourth-order valence-electron chi connectivity index (χ4n) is 3.53. The van der Waals surface area contributed by atoms with Gasteiger partial charge in [0.15, 0.2) is 6.10 Å². The maximum absolute atomic E-state index is 13.2. The van der Waals surface area contributed by atoms with Gasteiger partial charge >= 0.3 is 0 Å². The van der Waals surface area contributed by atoms with E-state index in [-0.39, 0.29) is 11.9 Å². The highest BCUT2D eigenvalue weighted by Crippen LogP contribution is 2.41. The molecule has 1 atom stereocenters. The first-order chi connectivity index (χ1) is 13.5. The molecule has 1 amide bonds. The average molecular weight is 391 g/mol. The molecular weight excluding hydrogens is 364 g/mol. The Morgan fingerprint density at radius 3 is 2.64 bits per heavy atom. The van der Waals surface area contributed by atoms with E-state index in [4.69, 9.17) is 10.5 Å². The Kier molecular flexibility index (Phi) is 6.31. The van der Waals surface area contributed by atoms with Crippen molar-refractivity contribution < 1.29 is 18.3 Å². The molecule has 2 aliphatic rings. The van der Waals surface area contributed by atoms with Crippen LogP contribution < -0.4 is 15.4 Å². The van der Waals surface area contributed by atoms with E-state index in [9.17, 15) is 13.6 Å². The number of nitrogens with zero attached hydrogens (tertiary/aromatic N) is 2. The van der Waals surface area contributed by atoms with Gasteiger partial charge in [-0.2, -0.15) is 0 Å². The summed E-state index contributed by atoms with van der Waals surface area (Å²) in [5, 5.41) is 0. The van der Waals surface area contributed by atoms with Crippen molar-refractivity contribution in [3.05, 3.63) is 29.5 Å². The highest BCUT2D eigenvalue weighted by molar-refractivity contribution is 6.11. The van der Waals surface area contributed by atoms with Gasteiger partial charge in [0.05, 0.1) is 11.7 Å². The first-order valence-electron chi connectivity index (χ1n) is 9.69. The minimum atomic E-state index is -1.20. The van der Waals surface area contributed by atoms with E-state index >= 15 is 0 Å². The van der Waals surface area contributed by atoms with Gasteiger partial charge < -0.3 is 15.4 Å². The highest BCUT2D eigenvalue weighted by Gasteiger charge is 2.31. The van der Waals surface area contributed by atoms with E-state index in [1.807, 2.05) is 13.0 Å².